The highest BCUT2D eigenvalue weighted by Crippen LogP contribution is 2.07. The van der Waals surface area contributed by atoms with Gasteiger partial charge in [0.2, 0.25) is 0 Å². The molecule has 0 aliphatic carbocycles. The van der Waals surface area contributed by atoms with Crippen molar-refractivity contribution in [1.82, 2.24) is 20.2 Å². The minimum absolute atomic E-state index is 0.176. The van der Waals surface area contributed by atoms with Crippen LogP contribution < -0.4 is 5.32 Å². The van der Waals surface area contributed by atoms with Crippen LogP contribution in [-0.2, 0) is 6.54 Å². The van der Waals surface area contributed by atoms with Crippen LogP contribution in [0.3, 0.4) is 0 Å². The number of aromatic carboxylic acids is 1. The van der Waals surface area contributed by atoms with Crippen LogP contribution in [0.25, 0.3) is 0 Å². The fourth-order valence-corrected chi connectivity index (χ4v) is 2.32. The van der Waals surface area contributed by atoms with E-state index in [1.807, 2.05) is 0 Å². The lowest BCUT2D eigenvalue weighted by Crippen LogP contribution is -2.25. The first-order chi connectivity index (χ1) is 9.27. The Morgan fingerprint density at radius 2 is 2.21 bits per heavy atom. The Balaban J connectivity index is 1.69. The van der Waals surface area contributed by atoms with E-state index in [0.29, 0.717) is 12.2 Å². The molecular formula is C13H20N4O2. The second-order valence-electron chi connectivity index (χ2n) is 4.77. The Morgan fingerprint density at radius 1 is 1.42 bits per heavy atom. The normalized spacial score (nSPS) is 15.8. The van der Waals surface area contributed by atoms with Crippen LogP contribution in [0.1, 0.15) is 35.3 Å². The molecule has 1 aliphatic heterocycles. The zero-order valence-corrected chi connectivity index (χ0v) is 11.0. The van der Waals surface area contributed by atoms with Crippen molar-refractivity contribution in [1.29, 1.82) is 0 Å². The first-order valence-corrected chi connectivity index (χ1v) is 6.72. The fraction of sp³-hybridized carbons (Fsp3) is 0.615. The van der Waals surface area contributed by atoms with Gasteiger partial charge < -0.3 is 15.3 Å². The van der Waals surface area contributed by atoms with Gasteiger partial charge in [-0.2, -0.15) is 0 Å². The number of aromatic nitrogens is 2. The number of carboxylic acid groups (broad SMARTS) is 1. The van der Waals surface area contributed by atoms with Crippen molar-refractivity contribution in [3.05, 3.63) is 23.8 Å². The van der Waals surface area contributed by atoms with E-state index in [1.165, 1.54) is 38.5 Å². The first-order valence-electron chi connectivity index (χ1n) is 6.72. The summed E-state index contributed by atoms with van der Waals surface area (Å²) in [5.74, 6) is -0.977. The number of rotatable bonds is 7. The topological polar surface area (TPSA) is 78.3 Å². The van der Waals surface area contributed by atoms with Crippen molar-refractivity contribution in [2.45, 2.75) is 25.8 Å². The maximum atomic E-state index is 11.0. The molecule has 2 N–H and O–H groups in total. The Bertz CT molecular complexity index is 419. The Morgan fingerprint density at radius 3 is 2.95 bits per heavy atom. The summed E-state index contributed by atoms with van der Waals surface area (Å²) in [5.41, 5.74) is 0.721. The number of carboxylic acids is 1. The van der Waals surface area contributed by atoms with Gasteiger partial charge in [0.15, 0.2) is 0 Å². The highest BCUT2D eigenvalue weighted by molar-refractivity contribution is 5.88. The third-order valence-electron chi connectivity index (χ3n) is 3.34. The average molecular weight is 264 g/mol. The van der Waals surface area contributed by atoms with Gasteiger partial charge in [0.25, 0.3) is 0 Å². The van der Waals surface area contributed by atoms with E-state index in [9.17, 15) is 4.79 Å². The maximum absolute atomic E-state index is 11.0. The summed E-state index contributed by atoms with van der Waals surface area (Å²) in [7, 11) is 0. The molecule has 6 nitrogen and oxygen atoms in total. The lowest BCUT2D eigenvalue weighted by molar-refractivity contribution is 0.0694. The number of nitrogens with one attached hydrogen (secondary N) is 1. The van der Waals surface area contributed by atoms with Crippen molar-refractivity contribution < 1.29 is 9.90 Å². The molecule has 1 aliphatic rings. The lowest BCUT2D eigenvalue weighted by atomic mass is 10.2. The third kappa shape index (κ3) is 4.25. The van der Waals surface area contributed by atoms with E-state index in [4.69, 9.17) is 5.11 Å². The summed E-state index contributed by atoms with van der Waals surface area (Å²) in [4.78, 5) is 21.2. The van der Waals surface area contributed by atoms with Gasteiger partial charge in [0.1, 0.15) is 11.9 Å². The van der Waals surface area contributed by atoms with Gasteiger partial charge in [0, 0.05) is 12.7 Å². The largest absolute Gasteiger partial charge is 0.478 e. The quantitative estimate of drug-likeness (QED) is 0.708. The van der Waals surface area contributed by atoms with Crippen LogP contribution in [0.5, 0.6) is 0 Å². The molecule has 0 atom stereocenters. The second kappa shape index (κ2) is 7.16. The number of likely N-dealkylation sites (tertiary alicyclic amines) is 1. The summed E-state index contributed by atoms with van der Waals surface area (Å²) < 4.78 is 0. The van der Waals surface area contributed by atoms with Gasteiger partial charge in [-0.15, -0.1) is 0 Å². The van der Waals surface area contributed by atoms with Gasteiger partial charge >= 0.3 is 5.97 Å². The summed E-state index contributed by atoms with van der Waals surface area (Å²) in [6.07, 6.45) is 6.43. The molecule has 2 rings (SSSR count). The van der Waals surface area contributed by atoms with E-state index in [0.717, 1.165) is 19.5 Å². The van der Waals surface area contributed by atoms with Gasteiger partial charge in [-0.1, -0.05) is 0 Å². The van der Waals surface area contributed by atoms with Crippen molar-refractivity contribution >= 4 is 5.97 Å². The number of nitrogens with zero attached hydrogens (tertiary/aromatic N) is 3. The van der Waals surface area contributed by atoms with Crippen LogP contribution in [0.15, 0.2) is 12.5 Å². The molecule has 0 saturated carbocycles. The number of carbonyl (C=O) groups is 1. The summed E-state index contributed by atoms with van der Waals surface area (Å²) in [5, 5.41) is 12.2. The molecule has 2 heterocycles. The second-order valence-corrected chi connectivity index (χ2v) is 4.77. The molecule has 0 spiro atoms. The molecule has 0 amide bonds. The van der Waals surface area contributed by atoms with Gasteiger partial charge in [-0.3, -0.25) is 0 Å². The van der Waals surface area contributed by atoms with Crippen molar-refractivity contribution in [2.24, 2.45) is 0 Å². The van der Waals surface area contributed by atoms with E-state index in [-0.39, 0.29) is 5.56 Å². The molecule has 0 bridgehead atoms. The standard InChI is InChI=1S/C13H20N4O2/c18-13(19)11-8-15-10-16-12(11)9-14-4-3-7-17-5-1-2-6-17/h8,10,14H,1-7,9H2,(H,18,19). The minimum Gasteiger partial charge on any atom is -0.478 e. The minimum atomic E-state index is -0.977. The van der Waals surface area contributed by atoms with Crippen molar-refractivity contribution in [3.8, 4) is 0 Å². The molecule has 1 saturated heterocycles. The van der Waals surface area contributed by atoms with E-state index in [1.54, 1.807) is 0 Å². The molecule has 104 valence electrons. The highest BCUT2D eigenvalue weighted by atomic mass is 16.4. The Labute approximate surface area is 112 Å². The van der Waals surface area contributed by atoms with Crippen molar-refractivity contribution in [2.75, 3.05) is 26.2 Å². The molecule has 0 unspecified atom stereocenters. The van der Waals surface area contributed by atoms with Crippen LogP contribution in [0, 0.1) is 0 Å². The van der Waals surface area contributed by atoms with Crippen LogP contribution in [-0.4, -0.2) is 52.1 Å². The fourth-order valence-electron chi connectivity index (χ4n) is 2.32. The molecule has 6 heteroatoms. The predicted molar refractivity (Wildman–Crippen MR) is 71.0 cm³/mol. The molecule has 0 radical (unpaired) electrons. The van der Waals surface area contributed by atoms with Crippen LogP contribution in [0.2, 0.25) is 0 Å². The summed E-state index contributed by atoms with van der Waals surface area (Å²) in [6, 6.07) is 0. The Hall–Kier alpha value is -1.53. The molecule has 19 heavy (non-hydrogen) atoms. The SMILES string of the molecule is O=C(O)c1cncnc1CNCCCN1CCCC1. The van der Waals surface area contributed by atoms with Crippen LogP contribution >= 0.6 is 0 Å². The number of hydrogen-bond donors (Lipinski definition) is 2. The summed E-state index contributed by atoms with van der Waals surface area (Å²) >= 11 is 0. The zero-order chi connectivity index (χ0) is 13.5. The first kappa shape index (κ1) is 13.9. The van der Waals surface area contributed by atoms with Crippen molar-refractivity contribution in [3.63, 3.8) is 0 Å². The average Bonchev–Trinajstić information content (AvgIpc) is 2.92. The van der Waals surface area contributed by atoms with E-state index in [2.05, 4.69) is 20.2 Å². The van der Waals surface area contributed by atoms with Gasteiger partial charge in [-0.25, -0.2) is 14.8 Å². The maximum Gasteiger partial charge on any atom is 0.339 e. The van der Waals surface area contributed by atoms with E-state index < -0.39 is 5.97 Å². The Kier molecular flexibility index (Phi) is 5.23. The van der Waals surface area contributed by atoms with E-state index >= 15 is 0 Å². The van der Waals surface area contributed by atoms with Crippen LogP contribution in [0.4, 0.5) is 0 Å². The monoisotopic (exact) mass is 264 g/mol. The van der Waals surface area contributed by atoms with Gasteiger partial charge in [0.05, 0.1) is 5.69 Å². The molecule has 1 fully saturated rings. The molecular weight excluding hydrogens is 244 g/mol. The predicted octanol–water partition coefficient (Wildman–Crippen LogP) is 0.750. The molecule has 0 aromatic carbocycles. The zero-order valence-electron chi connectivity index (χ0n) is 11.0. The van der Waals surface area contributed by atoms with Gasteiger partial charge in [-0.05, 0) is 45.4 Å². The molecule has 1 aromatic rings. The highest BCUT2D eigenvalue weighted by Gasteiger charge is 2.12. The molecule has 1 aromatic heterocycles. The lowest BCUT2D eigenvalue weighted by Gasteiger charge is -2.14. The summed E-state index contributed by atoms with van der Waals surface area (Å²) in [6.45, 7) is 4.90. The smallest absolute Gasteiger partial charge is 0.339 e. The number of hydrogen-bond acceptors (Lipinski definition) is 5. The third-order valence-corrected chi connectivity index (χ3v) is 3.34.